The normalized spacial score (nSPS) is 24.6. The first-order chi connectivity index (χ1) is 9.10. The molecule has 1 rings (SSSR count). The van der Waals surface area contributed by atoms with E-state index in [1.165, 1.54) is 32.1 Å². The molecule has 3 nitrogen and oxygen atoms in total. The first-order valence-corrected chi connectivity index (χ1v) is 7.90. The van der Waals surface area contributed by atoms with Crippen molar-refractivity contribution in [3.63, 3.8) is 0 Å². The molecule has 0 atom stereocenters. The number of rotatable bonds is 9. The van der Waals surface area contributed by atoms with Gasteiger partial charge in [0.1, 0.15) is 0 Å². The van der Waals surface area contributed by atoms with Crippen LogP contribution in [0.5, 0.6) is 0 Å². The van der Waals surface area contributed by atoms with Crippen molar-refractivity contribution in [3.8, 4) is 0 Å². The second-order valence-corrected chi connectivity index (χ2v) is 6.45. The molecule has 0 amide bonds. The third-order valence-corrected chi connectivity index (χ3v) is 4.85. The Bertz CT molecular complexity index is 223. The summed E-state index contributed by atoms with van der Waals surface area (Å²) in [7, 11) is 1.71. The maximum atomic E-state index is 5.47. The van der Waals surface area contributed by atoms with Crippen molar-refractivity contribution in [2.75, 3.05) is 33.5 Å². The van der Waals surface area contributed by atoms with Crippen LogP contribution >= 0.6 is 0 Å². The minimum Gasteiger partial charge on any atom is -0.382 e. The molecule has 0 aromatic carbocycles. The predicted octanol–water partition coefficient (Wildman–Crippen LogP) is 3.23. The highest BCUT2D eigenvalue weighted by atomic mass is 16.5. The molecule has 3 heteroatoms. The van der Waals surface area contributed by atoms with Gasteiger partial charge in [0.15, 0.2) is 0 Å². The van der Waals surface area contributed by atoms with Gasteiger partial charge in [0.2, 0.25) is 0 Å². The Hall–Kier alpha value is -0.120. The molecule has 0 heterocycles. The van der Waals surface area contributed by atoms with E-state index in [4.69, 9.17) is 9.47 Å². The van der Waals surface area contributed by atoms with Crippen molar-refractivity contribution in [2.45, 2.75) is 58.9 Å². The molecule has 19 heavy (non-hydrogen) atoms. The first kappa shape index (κ1) is 16.9. The van der Waals surface area contributed by atoms with E-state index in [0.717, 1.165) is 19.1 Å². The molecular formula is C16H33NO2. The van der Waals surface area contributed by atoms with Crippen LogP contribution in [0.25, 0.3) is 0 Å². The highest BCUT2D eigenvalue weighted by Crippen LogP contribution is 2.40. The van der Waals surface area contributed by atoms with Crippen LogP contribution in [0.2, 0.25) is 0 Å². The number of ether oxygens (including phenoxy) is 2. The molecule has 1 aliphatic rings. The first-order valence-electron chi connectivity index (χ1n) is 7.90. The Kier molecular flexibility index (Phi) is 7.96. The molecule has 0 aromatic heterocycles. The van der Waals surface area contributed by atoms with Crippen molar-refractivity contribution < 1.29 is 9.47 Å². The van der Waals surface area contributed by atoms with Crippen molar-refractivity contribution in [3.05, 3.63) is 0 Å². The summed E-state index contributed by atoms with van der Waals surface area (Å²) in [6, 6.07) is 0.704. The van der Waals surface area contributed by atoms with Gasteiger partial charge in [-0.2, -0.15) is 0 Å². The van der Waals surface area contributed by atoms with Gasteiger partial charge in [-0.1, -0.05) is 27.2 Å². The fourth-order valence-corrected chi connectivity index (χ4v) is 2.95. The topological polar surface area (TPSA) is 30.5 Å². The van der Waals surface area contributed by atoms with Crippen LogP contribution in [0.4, 0.5) is 0 Å². The van der Waals surface area contributed by atoms with Gasteiger partial charge in [-0.15, -0.1) is 0 Å². The highest BCUT2D eigenvalue weighted by molar-refractivity contribution is 4.84. The van der Waals surface area contributed by atoms with Crippen LogP contribution in [0.1, 0.15) is 52.9 Å². The SMILES string of the molecule is CCC(C)(C)C1CCC(NCCOCCOC)CC1. The molecule has 0 aliphatic heterocycles. The van der Waals surface area contributed by atoms with E-state index in [1.54, 1.807) is 7.11 Å². The molecule has 0 bridgehead atoms. The van der Waals surface area contributed by atoms with E-state index in [9.17, 15) is 0 Å². The van der Waals surface area contributed by atoms with Crippen LogP contribution in [0, 0.1) is 11.3 Å². The van der Waals surface area contributed by atoms with Crippen molar-refractivity contribution >= 4 is 0 Å². The van der Waals surface area contributed by atoms with Gasteiger partial charge >= 0.3 is 0 Å². The van der Waals surface area contributed by atoms with E-state index in [-0.39, 0.29) is 0 Å². The van der Waals surface area contributed by atoms with Gasteiger partial charge < -0.3 is 14.8 Å². The Morgan fingerprint density at radius 3 is 2.32 bits per heavy atom. The fourth-order valence-electron chi connectivity index (χ4n) is 2.95. The molecule has 1 aliphatic carbocycles. The molecule has 0 saturated heterocycles. The molecule has 0 spiro atoms. The van der Waals surface area contributed by atoms with Crippen LogP contribution in [-0.2, 0) is 9.47 Å². The fraction of sp³-hybridized carbons (Fsp3) is 1.00. The number of hydrogen-bond donors (Lipinski definition) is 1. The molecule has 114 valence electrons. The van der Waals surface area contributed by atoms with Gasteiger partial charge in [-0.05, 0) is 37.0 Å². The molecule has 0 unspecified atom stereocenters. The summed E-state index contributed by atoms with van der Waals surface area (Å²) in [5.74, 6) is 0.911. The third kappa shape index (κ3) is 6.24. The van der Waals surface area contributed by atoms with Crippen LogP contribution < -0.4 is 5.32 Å². The largest absolute Gasteiger partial charge is 0.382 e. The molecular weight excluding hydrogens is 238 g/mol. The van der Waals surface area contributed by atoms with Crippen LogP contribution in [0.3, 0.4) is 0 Å². The highest BCUT2D eigenvalue weighted by Gasteiger charge is 2.31. The minimum absolute atomic E-state index is 0.522. The van der Waals surface area contributed by atoms with E-state index in [2.05, 4.69) is 26.1 Å². The standard InChI is InChI=1S/C16H33NO2/c1-5-16(2,3)14-6-8-15(9-7-14)17-10-11-19-13-12-18-4/h14-15,17H,5-13H2,1-4H3. The summed E-state index contributed by atoms with van der Waals surface area (Å²) in [6.07, 6.45) is 6.70. The third-order valence-electron chi connectivity index (χ3n) is 4.85. The van der Waals surface area contributed by atoms with E-state index < -0.39 is 0 Å². The van der Waals surface area contributed by atoms with Gasteiger partial charge in [0, 0.05) is 19.7 Å². The Morgan fingerprint density at radius 2 is 1.74 bits per heavy atom. The molecule has 1 fully saturated rings. The van der Waals surface area contributed by atoms with Gasteiger partial charge in [-0.25, -0.2) is 0 Å². The van der Waals surface area contributed by atoms with Crippen LogP contribution in [0.15, 0.2) is 0 Å². The average molecular weight is 271 g/mol. The van der Waals surface area contributed by atoms with E-state index in [1.807, 2.05) is 0 Å². The maximum absolute atomic E-state index is 5.47. The number of nitrogens with one attached hydrogen (secondary N) is 1. The van der Waals surface area contributed by atoms with E-state index >= 15 is 0 Å². The Labute approximate surface area is 119 Å². The Balaban J connectivity index is 2.07. The molecule has 0 radical (unpaired) electrons. The summed E-state index contributed by atoms with van der Waals surface area (Å²) in [4.78, 5) is 0. The minimum atomic E-state index is 0.522. The molecule has 0 aromatic rings. The summed E-state index contributed by atoms with van der Waals surface area (Å²) in [5, 5.41) is 3.62. The second kappa shape index (κ2) is 8.93. The monoisotopic (exact) mass is 271 g/mol. The zero-order valence-electron chi connectivity index (χ0n) is 13.3. The van der Waals surface area contributed by atoms with Crippen molar-refractivity contribution in [2.24, 2.45) is 11.3 Å². The summed E-state index contributed by atoms with van der Waals surface area (Å²) >= 11 is 0. The summed E-state index contributed by atoms with van der Waals surface area (Å²) < 4.78 is 10.4. The zero-order valence-corrected chi connectivity index (χ0v) is 13.3. The lowest BCUT2D eigenvalue weighted by atomic mass is 9.69. The number of hydrogen-bond acceptors (Lipinski definition) is 3. The quantitative estimate of drug-likeness (QED) is 0.653. The smallest absolute Gasteiger partial charge is 0.0700 e. The van der Waals surface area contributed by atoms with Gasteiger partial charge in [-0.3, -0.25) is 0 Å². The lowest BCUT2D eigenvalue weighted by molar-refractivity contribution is 0.0690. The second-order valence-electron chi connectivity index (χ2n) is 6.45. The lowest BCUT2D eigenvalue weighted by Crippen LogP contribution is -2.38. The maximum Gasteiger partial charge on any atom is 0.0700 e. The zero-order chi connectivity index (χ0) is 14.1. The predicted molar refractivity (Wildman–Crippen MR) is 80.5 cm³/mol. The van der Waals surface area contributed by atoms with Crippen molar-refractivity contribution in [1.82, 2.24) is 5.32 Å². The molecule has 1 saturated carbocycles. The summed E-state index contributed by atoms with van der Waals surface area (Å²) in [6.45, 7) is 10.3. The van der Waals surface area contributed by atoms with Crippen LogP contribution in [-0.4, -0.2) is 39.5 Å². The summed E-state index contributed by atoms with van der Waals surface area (Å²) in [5.41, 5.74) is 0.522. The Morgan fingerprint density at radius 1 is 1.05 bits per heavy atom. The van der Waals surface area contributed by atoms with E-state index in [0.29, 0.717) is 24.7 Å². The number of methoxy groups -OCH3 is 1. The molecule has 1 N–H and O–H groups in total. The lowest BCUT2D eigenvalue weighted by Gasteiger charge is -2.39. The average Bonchev–Trinajstić information content (AvgIpc) is 2.43. The van der Waals surface area contributed by atoms with Crippen molar-refractivity contribution in [1.29, 1.82) is 0 Å². The van der Waals surface area contributed by atoms with Gasteiger partial charge in [0.05, 0.1) is 19.8 Å². The van der Waals surface area contributed by atoms with Gasteiger partial charge in [0.25, 0.3) is 0 Å².